The van der Waals surface area contributed by atoms with Crippen LogP contribution in [0.5, 0.6) is 0 Å². The molecule has 0 aliphatic heterocycles. The Morgan fingerprint density at radius 3 is 2.11 bits per heavy atom. The fourth-order valence-corrected chi connectivity index (χ4v) is 2.44. The molecule has 0 aliphatic carbocycles. The van der Waals surface area contributed by atoms with Gasteiger partial charge in [0.25, 0.3) is 0 Å². The van der Waals surface area contributed by atoms with Crippen molar-refractivity contribution in [2.75, 3.05) is 0 Å². The first-order valence-corrected chi connectivity index (χ1v) is 6.93. The molecule has 0 radical (unpaired) electrons. The molecule has 2 heteroatoms. The molecule has 0 saturated heterocycles. The quantitative estimate of drug-likeness (QED) is 0.753. The highest BCUT2D eigenvalue weighted by molar-refractivity contribution is 5.77. The Hall–Kier alpha value is -1.31. The maximum Gasteiger partial charge on any atom is 0.112 e. The van der Waals surface area contributed by atoms with E-state index in [-0.39, 0.29) is 0 Å². The molecule has 0 aliphatic rings. The van der Waals surface area contributed by atoms with E-state index in [1.165, 1.54) is 16.9 Å². The van der Waals surface area contributed by atoms with E-state index in [0.717, 1.165) is 5.52 Å². The molecular formula is C16H24N2. The highest BCUT2D eigenvalue weighted by atomic mass is 15.1. The van der Waals surface area contributed by atoms with Gasteiger partial charge < -0.3 is 4.57 Å². The predicted molar refractivity (Wildman–Crippen MR) is 78.3 cm³/mol. The Morgan fingerprint density at radius 2 is 1.61 bits per heavy atom. The Kier molecular flexibility index (Phi) is 3.47. The zero-order valence-corrected chi connectivity index (χ0v) is 12.4. The maximum atomic E-state index is 4.80. The van der Waals surface area contributed by atoms with E-state index in [2.05, 4.69) is 64.3 Å². The lowest BCUT2D eigenvalue weighted by atomic mass is 10.0. The average Bonchev–Trinajstić information content (AvgIpc) is 2.66. The van der Waals surface area contributed by atoms with E-state index < -0.39 is 0 Å². The summed E-state index contributed by atoms with van der Waals surface area (Å²) in [4.78, 5) is 4.80. The Bertz CT molecular complexity index is 547. The molecule has 0 bridgehead atoms. The molecule has 18 heavy (non-hydrogen) atoms. The molecule has 0 fully saturated rings. The Balaban J connectivity index is 2.71. The van der Waals surface area contributed by atoms with Gasteiger partial charge in [0.2, 0.25) is 0 Å². The van der Waals surface area contributed by atoms with Crippen LogP contribution in [0.15, 0.2) is 18.2 Å². The highest BCUT2D eigenvalue weighted by Gasteiger charge is 2.16. The minimum Gasteiger partial charge on any atom is -0.325 e. The number of aromatic nitrogens is 2. The van der Waals surface area contributed by atoms with Crippen LogP contribution in [0, 0.1) is 0 Å². The fourth-order valence-electron chi connectivity index (χ4n) is 2.44. The van der Waals surface area contributed by atoms with E-state index in [0.29, 0.717) is 17.9 Å². The summed E-state index contributed by atoms with van der Waals surface area (Å²) in [6.07, 6.45) is 0. The zero-order valence-electron chi connectivity index (χ0n) is 12.4. The van der Waals surface area contributed by atoms with Crippen LogP contribution in [0.2, 0.25) is 0 Å². The van der Waals surface area contributed by atoms with Crippen molar-refractivity contribution in [1.29, 1.82) is 0 Å². The summed E-state index contributed by atoms with van der Waals surface area (Å²) in [7, 11) is 0. The first-order chi connectivity index (χ1) is 8.41. The molecule has 0 atom stereocenters. The molecule has 0 spiro atoms. The summed E-state index contributed by atoms with van der Waals surface area (Å²) in [6.45, 7) is 13.4. The van der Waals surface area contributed by atoms with E-state index >= 15 is 0 Å². The Morgan fingerprint density at radius 1 is 0.944 bits per heavy atom. The third kappa shape index (κ3) is 2.16. The molecule has 2 nitrogen and oxygen atoms in total. The molecule has 1 heterocycles. The van der Waals surface area contributed by atoms with Crippen LogP contribution in [-0.4, -0.2) is 9.55 Å². The molecule has 98 valence electrons. The lowest BCUT2D eigenvalue weighted by Gasteiger charge is -2.15. The average molecular weight is 244 g/mol. The normalized spacial score (nSPS) is 12.3. The van der Waals surface area contributed by atoms with Gasteiger partial charge in [-0.25, -0.2) is 4.98 Å². The van der Waals surface area contributed by atoms with Gasteiger partial charge >= 0.3 is 0 Å². The first-order valence-electron chi connectivity index (χ1n) is 6.93. The SMILES string of the molecule is CC(C)c1ccc2nc(C(C)C)n(C(C)C)c2c1. The van der Waals surface area contributed by atoms with Crippen molar-refractivity contribution >= 4 is 11.0 Å². The molecule has 2 rings (SSSR count). The second-order valence-corrected chi connectivity index (χ2v) is 5.99. The van der Waals surface area contributed by atoms with E-state index in [1.807, 2.05) is 0 Å². The summed E-state index contributed by atoms with van der Waals surface area (Å²) >= 11 is 0. The predicted octanol–water partition coefficient (Wildman–Crippen LogP) is 4.86. The number of hydrogen-bond acceptors (Lipinski definition) is 1. The molecule has 0 saturated carbocycles. The molecule has 1 aromatic heterocycles. The highest BCUT2D eigenvalue weighted by Crippen LogP contribution is 2.28. The summed E-state index contributed by atoms with van der Waals surface area (Å²) in [5.74, 6) is 2.22. The number of hydrogen-bond donors (Lipinski definition) is 0. The van der Waals surface area contributed by atoms with Gasteiger partial charge in [-0.05, 0) is 37.5 Å². The van der Waals surface area contributed by atoms with Crippen molar-refractivity contribution in [3.05, 3.63) is 29.6 Å². The minimum absolute atomic E-state index is 0.454. The lowest BCUT2D eigenvalue weighted by molar-refractivity contribution is 0.564. The fraction of sp³-hybridized carbons (Fsp3) is 0.562. The van der Waals surface area contributed by atoms with Crippen molar-refractivity contribution in [2.24, 2.45) is 0 Å². The number of imidazole rings is 1. The van der Waals surface area contributed by atoms with Crippen LogP contribution >= 0.6 is 0 Å². The van der Waals surface area contributed by atoms with Gasteiger partial charge in [0.05, 0.1) is 11.0 Å². The van der Waals surface area contributed by atoms with Crippen LogP contribution in [0.3, 0.4) is 0 Å². The third-order valence-electron chi connectivity index (χ3n) is 3.44. The third-order valence-corrected chi connectivity index (χ3v) is 3.44. The minimum atomic E-state index is 0.454. The van der Waals surface area contributed by atoms with Crippen LogP contribution in [0.25, 0.3) is 11.0 Å². The van der Waals surface area contributed by atoms with Crippen LogP contribution in [0.4, 0.5) is 0 Å². The van der Waals surface area contributed by atoms with Gasteiger partial charge in [-0.2, -0.15) is 0 Å². The van der Waals surface area contributed by atoms with Crippen molar-refractivity contribution in [3.8, 4) is 0 Å². The second-order valence-electron chi connectivity index (χ2n) is 5.99. The molecule has 0 unspecified atom stereocenters. The van der Waals surface area contributed by atoms with Crippen molar-refractivity contribution in [1.82, 2.24) is 9.55 Å². The molecule has 0 amide bonds. The van der Waals surface area contributed by atoms with Crippen molar-refractivity contribution in [2.45, 2.75) is 59.4 Å². The van der Waals surface area contributed by atoms with Crippen molar-refractivity contribution < 1.29 is 0 Å². The van der Waals surface area contributed by atoms with Crippen molar-refractivity contribution in [3.63, 3.8) is 0 Å². The standard InChI is InChI=1S/C16H24N2/c1-10(2)13-7-8-14-15(9-13)18(12(5)6)16(17-14)11(3)4/h7-12H,1-6H3. The molecule has 2 aromatic rings. The molecular weight excluding hydrogens is 220 g/mol. The largest absolute Gasteiger partial charge is 0.325 e. The van der Waals surface area contributed by atoms with Gasteiger partial charge in [0, 0.05) is 12.0 Å². The number of rotatable bonds is 3. The lowest BCUT2D eigenvalue weighted by Crippen LogP contribution is -2.07. The monoisotopic (exact) mass is 244 g/mol. The van der Waals surface area contributed by atoms with Gasteiger partial charge in [-0.15, -0.1) is 0 Å². The maximum absolute atomic E-state index is 4.80. The Labute approximate surface area is 110 Å². The number of fused-ring (bicyclic) bond motifs is 1. The molecule has 1 aromatic carbocycles. The van der Waals surface area contributed by atoms with E-state index in [1.54, 1.807) is 0 Å². The number of benzene rings is 1. The summed E-state index contributed by atoms with van der Waals surface area (Å²) in [5.41, 5.74) is 3.79. The van der Waals surface area contributed by atoms with Gasteiger partial charge in [-0.1, -0.05) is 33.8 Å². The first kappa shape index (κ1) is 13.1. The van der Waals surface area contributed by atoms with Crippen LogP contribution < -0.4 is 0 Å². The summed E-state index contributed by atoms with van der Waals surface area (Å²) < 4.78 is 2.38. The second kappa shape index (κ2) is 4.75. The van der Waals surface area contributed by atoms with E-state index in [4.69, 9.17) is 4.98 Å². The number of nitrogens with zero attached hydrogens (tertiary/aromatic N) is 2. The van der Waals surface area contributed by atoms with Gasteiger partial charge in [0.1, 0.15) is 5.82 Å². The topological polar surface area (TPSA) is 17.8 Å². The van der Waals surface area contributed by atoms with Gasteiger partial charge in [-0.3, -0.25) is 0 Å². The van der Waals surface area contributed by atoms with E-state index in [9.17, 15) is 0 Å². The smallest absolute Gasteiger partial charge is 0.112 e. The zero-order chi connectivity index (χ0) is 13.4. The van der Waals surface area contributed by atoms with Gasteiger partial charge in [0.15, 0.2) is 0 Å². The van der Waals surface area contributed by atoms with Crippen LogP contribution in [0.1, 0.15) is 70.8 Å². The summed E-state index contributed by atoms with van der Waals surface area (Å²) in [5, 5.41) is 0. The van der Waals surface area contributed by atoms with Crippen LogP contribution in [-0.2, 0) is 0 Å². The molecule has 0 N–H and O–H groups in total. The summed E-state index contributed by atoms with van der Waals surface area (Å²) in [6, 6.07) is 7.12.